The maximum atomic E-state index is 12.3. The van der Waals surface area contributed by atoms with Gasteiger partial charge in [-0.2, -0.15) is 0 Å². The van der Waals surface area contributed by atoms with E-state index in [-0.39, 0.29) is 19.6 Å². The molecule has 0 aliphatic rings. The molecule has 0 radical (unpaired) electrons. The van der Waals surface area contributed by atoms with Crippen molar-refractivity contribution >= 4 is 19.8 Å². The van der Waals surface area contributed by atoms with E-state index in [9.17, 15) is 29.3 Å². The highest BCUT2D eigenvalue weighted by Gasteiger charge is 2.26. The lowest BCUT2D eigenvalue weighted by Gasteiger charge is -2.24. The number of quaternary nitrogens is 1. The summed E-state index contributed by atoms with van der Waals surface area (Å²) in [5.41, 5.74) is 0. The molecule has 0 fully saturated rings. The molecule has 0 rings (SSSR count). The summed E-state index contributed by atoms with van der Waals surface area (Å²) in [6.45, 7) is 3.09. The van der Waals surface area contributed by atoms with Crippen LogP contribution in [0.3, 0.4) is 0 Å². The van der Waals surface area contributed by atoms with Crippen molar-refractivity contribution < 1.29 is 52.3 Å². The Morgan fingerprint density at radius 1 is 0.900 bits per heavy atom. The molecular formula is C28H55NO10P+. The van der Waals surface area contributed by atoms with Crippen LogP contribution in [0, 0.1) is 0 Å². The number of esters is 2. The van der Waals surface area contributed by atoms with Crippen LogP contribution >= 0.6 is 7.82 Å². The number of nitrogens with zero attached hydrogens (tertiary/aromatic N) is 1. The van der Waals surface area contributed by atoms with Crippen LogP contribution in [-0.2, 0) is 32.7 Å². The molecule has 1 unspecified atom stereocenters. The van der Waals surface area contributed by atoms with Gasteiger partial charge in [-0.25, -0.2) is 4.57 Å². The topological polar surface area (TPSA) is 149 Å². The first kappa shape index (κ1) is 38.7. The summed E-state index contributed by atoms with van der Waals surface area (Å²) in [5.74, 6) is -1.11. The molecule has 236 valence electrons. The Labute approximate surface area is 241 Å². The Hall–Kier alpha value is -1.33. The number of likely N-dealkylation sites (N-methyl/N-ethyl adjacent to an activating group) is 1. The second kappa shape index (κ2) is 22.3. The zero-order valence-corrected chi connectivity index (χ0v) is 26.2. The van der Waals surface area contributed by atoms with Crippen LogP contribution < -0.4 is 0 Å². The highest BCUT2D eigenvalue weighted by Crippen LogP contribution is 2.43. The minimum Gasteiger partial charge on any atom is -0.462 e. The van der Waals surface area contributed by atoms with Crippen LogP contribution in [0.2, 0.25) is 0 Å². The normalized spacial score (nSPS) is 15.9. The number of aliphatic hydroxyl groups excluding tert-OH is 2. The van der Waals surface area contributed by atoms with Crippen molar-refractivity contribution in [1.29, 1.82) is 0 Å². The summed E-state index contributed by atoms with van der Waals surface area (Å²) in [5, 5.41) is 20.2. The number of phosphoric acid groups is 1. The molecule has 0 aromatic rings. The zero-order valence-electron chi connectivity index (χ0n) is 25.3. The van der Waals surface area contributed by atoms with Crippen molar-refractivity contribution in [3.63, 3.8) is 0 Å². The Bertz CT molecular complexity index is 756. The SMILES string of the molecule is CCCCC/C=C\C[C@H](O)[C@@H](O)CCCCCCCC(=O)O[C@H](COC(C)=O)COP(=O)(O)OCC[N+](C)(C)C. The van der Waals surface area contributed by atoms with Crippen molar-refractivity contribution in [2.45, 2.75) is 109 Å². The molecule has 0 aliphatic heterocycles. The first-order chi connectivity index (χ1) is 18.8. The summed E-state index contributed by atoms with van der Waals surface area (Å²) in [7, 11) is 1.37. The van der Waals surface area contributed by atoms with E-state index in [1.165, 1.54) is 19.8 Å². The highest BCUT2D eigenvalue weighted by molar-refractivity contribution is 7.47. The Kier molecular flexibility index (Phi) is 21.5. The Morgan fingerprint density at radius 2 is 1.57 bits per heavy atom. The molecule has 0 bridgehead atoms. The van der Waals surface area contributed by atoms with Gasteiger partial charge in [-0.3, -0.25) is 18.6 Å². The van der Waals surface area contributed by atoms with E-state index in [0.29, 0.717) is 30.3 Å². The fraction of sp³-hybridized carbons (Fsp3) is 0.857. The molecule has 0 saturated carbocycles. The lowest BCUT2D eigenvalue weighted by atomic mass is 10.0. The van der Waals surface area contributed by atoms with Gasteiger partial charge in [-0.15, -0.1) is 0 Å². The van der Waals surface area contributed by atoms with Crippen LogP contribution in [0.1, 0.15) is 90.9 Å². The molecule has 0 aromatic carbocycles. The molecule has 3 N–H and O–H groups in total. The average molecular weight is 597 g/mol. The van der Waals surface area contributed by atoms with Crippen LogP contribution in [0.15, 0.2) is 12.2 Å². The monoisotopic (exact) mass is 596 g/mol. The number of phosphoric ester groups is 1. The van der Waals surface area contributed by atoms with E-state index < -0.39 is 44.7 Å². The second-order valence-corrected chi connectivity index (χ2v) is 12.6. The van der Waals surface area contributed by atoms with Crippen molar-refractivity contribution in [2.75, 3.05) is 47.5 Å². The van der Waals surface area contributed by atoms with E-state index in [4.69, 9.17) is 18.5 Å². The third-order valence-electron chi connectivity index (χ3n) is 6.05. The summed E-state index contributed by atoms with van der Waals surface area (Å²) in [4.78, 5) is 33.3. The third-order valence-corrected chi connectivity index (χ3v) is 7.04. The Morgan fingerprint density at radius 3 is 2.23 bits per heavy atom. The minimum atomic E-state index is -4.36. The maximum Gasteiger partial charge on any atom is 0.472 e. The highest BCUT2D eigenvalue weighted by atomic mass is 31.2. The van der Waals surface area contributed by atoms with Gasteiger partial charge in [0, 0.05) is 13.3 Å². The van der Waals surface area contributed by atoms with Crippen molar-refractivity contribution in [3.8, 4) is 0 Å². The van der Waals surface area contributed by atoms with E-state index >= 15 is 0 Å². The van der Waals surface area contributed by atoms with Gasteiger partial charge in [-0.05, 0) is 32.1 Å². The molecule has 0 aromatic heterocycles. The van der Waals surface area contributed by atoms with Gasteiger partial charge in [0.15, 0.2) is 6.10 Å². The molecule has 0 saturated heterocycles. The number of carbonyl (C=O) groups is 2. The molecule has 40 heavy (non-hydrogen) atoms. The summed E-state index contributed by atoms with van der Waals surface area (Å²) >= 11 is 0. The third kappa shape index (κ3) is 24.5. The number of carbonyl (C=O) groups excluding carboxylic acids is 2. The first-order valence-corrected chi connectivity index (χ1v) is 16.0. The predicted octanol–water partition coefficient (Wildman–Crippen LogP) is 4.28. The summed E-state index contributed by atoms with van der Waals surface area (Å²) in [6.07, 6.45) is 11.0. The quantitative estimate of drug-likeness (QED) is 0.0458. The van der Waals surface area contributed by atoms with Gasteiger partial charge in [0.1, 0.15) is 19.8 Å². The molecule has 0 aliphatic carbocycles. The maximum absolute atomic E-state index is 12.3. The number of hydrogen-bond donors (Lipinski definition) is 3. The average Bonchev–Trinajstić information content (AvgIpc) is 2.85. The molecular weight excluding hydrogens is 541 g/mol. The summed E-state index contributed by atoms with van der Waals surface area (Å²) in [6, 6.07) is 0. The van der Waals surface area contributed by atoms with Crippen LogP contribution in [0.5, 0.6) is 0 Å². The second-order valence-electron chi connectivity index (χ2n) is 11.2. The van der Waals surface area contributed by atoms with E-state index in [1.807, 2.05) is 27.2 Å². The predicted molar refractivity (Wildman–Crippen MR) is 153 cm³/mol. The van der Waals surface area contributed by atoms with Crippen LogP contribution in [0.25, 0.3) is 0 Å². The van der Waals surface area contributed by atoms with Crippen molar-refractivity contribution in [3.05, 3.63) is 12.2 Å². The number of hydrogen-bond acceptors (Lipinski definition) is 9. The van der Waals surface area contributed by atoms with E-state index in [1.54, 1.807) is 0 Å². The standard InChI is InChI=1S/C28H54NO10P/c1-6-7-8-9-11-14-17-26(31)27(32)18-15-12-10-13-16-19-28(33)39-25(22-36-24(2)30)23-38-40(34,35)37-21-20-29(3,4)5/h11,14,25-27,31-32H,6-10,12-13,15-23H2,1-5H3/p+1/b14-11-/t25-,26+,27+/m1/s1. The van der Waals surface area contributed by atoms with Gasteiger partial charge in [-0.1, -0.05) is 57.6 Å². The molecule has 12 heteroatoms. The van der Waals surface area contributed by atoms with Gasteiger partial charge in [0.05, 0.1) is 40.0 Å². The summed E-state index contributed by atoms with van der Waals surface area (Å²) < 4.78 is 32.8. The van der Waals surface area contributed by atoms with Gasteiger partial charge >= 0.3 is 19.8 Å². The van der Waals surface area contributed by atoms with Crippen molar-refractivity contribution in [1.82, 2.24) is 0 Å². The fourth-order valence-electron chi connectivity index (χ4n) is 3.58. The number of unbranched alkanes of at least 4 members (excludes halogenated alkanes) is 7. The Balaban J connectivity index is 4.22. The molecule has 4 atom stereocenters. The van der Waals surface area contributed by atoms with Crippen molar-refractivity contribution in [2.24, 2.45) is 0 Å². The number of allylic oxidation sites excluding steroid dienone is 1. The minimum absolute atomic E-state index is 0.00174. The molecule has 0 heterocycles. The molecule has 11 nitrogen and oxygen atoms in total. The van der Waals surface area contributed by atoms with Crippen LogP contribution in [0.4, 0.5) is 0 Å². The zero-order chi connectivity index (χ0) is 30.4. The smallest absolute Gasteiger partial charge is 0.462 e. The van der Waals surface area contributed by atoms with Gasteiger partial charge < -0.3 is 29.1 Å². The number of ether oxygens (including phenoxy) is 2. The number of rotatable bonds is 25. The first-order valence-electron chi connectivity index (χ1n) is 14.5. The lowest BCUT2D eigenvalue weighted by Crippen LogP contribution is -2.37. The lowest BCUT2D eigenvalue weighted by molar-refractivity contribution is -0.870. The molecule has 0 spiro atoms. The fourth-order valence-corrected chi connectivity index (χ4v) is 4.33. The largest absolute Gasteiger partial charge is 0.472 e. The number of aliphatic hydroxyl groups is 2. The van der Waals surface area contributed by atoms with Crippen LogP contribution in [-0.4, -0.2) is 97.3 Å². The van der Waals surface area contributed by atoms with Gasteiger partial charge in [0.2, 0.25) is 0 Å². The molecule has 0 amide bonds. The van der Waals surface area contributed by atoms with E-state index in [0.717, 1.165) is 38.5 Å². The van der Waals surface area contributed by atoms with E-state index in [2.05, 4.69) is 13.0 Å². The van der Waals surface area contributed by atoms with Gasteiger partial charge in [0.25, 0.3) is 0 Å².